The van der Waals surface area contributed by atoms with Gasteiger partial charge >= 0.3 is 0 Å². The van der Waals surface area contributed by atoms with Gasteiger partial charge in [0.1, 0.15) is 5.25 Å². The zero-order chi connectivity index (χ0) is 15.5. The summed E-state index contributed by atoms with van der Waals surface area (Å²) >= 11 is 4.73. The molecule has 1 fully saturated rings. The van der Waals surface area contributed by atoms with Gasteiger partial charge in [-0.1, -0.05) is 12.2 Å². The number of thiocarbonyl (C=S) groups is 1. The molecule has 0 aliphatic carbocycles. The fourth-order valence-electron chi connectivity index (χ4n) is 1.97. The fourth-order valence-corrected chi connectivity index (χ4v) is 3.29. The van der Waals surface area contributed by atoms with Gasteiger partial charge in [-0.05, 0) is 31.2 Å². The largest absolute Gasteiger partial charge is 0.392 e. The lowest BCUT2D eigenvalue weighted by atomic mass is 10.2. The summed E-state index contributed by atoms with van der Waals surface area (Å²) in [5, 5.41) is -0.911. The van der Waals surface area contributed by atoms with Crippen LogP contribution in [0.1, 0.15) is 6.92 Å². The van der Waals surface area contributed by atoms with E-state index in [4.69, 9.17) is 22.7 Å². The van der Waals surface area contributed by atoms with Crippen molar-refractivity contribution in [3.05, 3.63) is 24.3 Å². The van der Waals surface area contributed by atoms with Gasteiger partial charge in [0, 0.05) is 24.5 Å². The van der Waals surface area contributed by atoms with Crippen LogP contribution in [0.5, 0.6) is 0 Å². The molecule has 1 aromatic rings. The molecule has 6 nitrogen and oxygen atoms in total. The van der Waals surface area contributed by atoms with Crippen molar-refractivity contribution in [1.82, 2.24) is 0 Å². The molecule has 2 rings (SSSR count). The minimum atomic E-state index is -3.60. The lowest BCUT2D eigenvalue weighted by molar-refractivity contribution is 0.122. The summed E-state index contributed by atoms with van der Waals surface area (Å²) < 4.78 is 31.8. The summed E-state index contributed by atoms with van der Waals surface area (Å²) in [4.78, 5) is 2.15. The maximum Gasteiger partial charge on any atom is 0.241 e. The third kappa shape index (κ3) is 4.05. The second-order valence-corrected chi connectivity index (χ2v) is 7.31. The number of nitrogens with one attached hydrogen (secondary N) is 1. The molecule has 0 saturated carbocycles. The van der Waals surface area contributed by atoms with Crippen LogP contribution in [0.4, 0.5) is 11.4 Å². The number of nitrogens with two attached hydrogens (primary N) is 1. The standard InChI is InChI=1S/C13H19N3O3S2/c1-10(13(14)20)21(17,18)15-11-2-4-12(5-3-11)16-6-8-19-9-7-16/h2-5,10,15H,6-9H2,1H3,(H2,14,20). The number of hydrogen-bond donors (Lipinski definition) is 2. The molecule has 3 N–H and O–H groups in total. The monoisotopic (exact) mass is 329 g/mol. The molecule has 0 bridgehead atoms. The van der Waals surface area contributed by atoms with Gasteiger partial charge in [0.2, 0.25) is 10.0 Å². The van der Waals surface area contributed by atoms with Crippen molar-refractivity contribution in [3.63, 3.8) is 0 Å². The van der Waals surface area contributed by atoms with Gasteiger partial charge < -0.3 is 15.4 Å². The highest BCUT2D eigenvalue weighted by Gasteiger charge is 2.23. The summed E-state index contributed by atoms with van der Waals surface area (Å²) in [5.74, 6) is 0. The first-order valence-corrected chi connectivity index (χ1v) is 8.59. The molecule has 1 aromatic carbocycles. The molecule has 0 aromatic heterocycles. The van der Waals surface area contributed by atoms with E-state index in [0.717, 1.165) is 18.8 Å². The molecule has 0 spiro atoms. The smallest absolute Gasteiger partial charge is 0.241 e. The quantitative estimate of drug-likeness (QED) is 0.782. The van der Waals surface area contributed by atoms with Crippen LogP contribution in [-0.4, -0.2) is 45.0 Å². The Balaban J connectivity index is 2.07. The normalized spacial score (nSPS) is 17.3. The molecule has 1 atom stereocenters. The minimum Gasteiger partial charge on any atom is -0.392 e. The van der Waals surface area contributed by atoms with Crippen LogP contribution < -0.4 is 15.4 Å². The van der Waals surface area contributed by atoms with Crippen molar-refractivity contribution in [3.8, 4) is 0 Å². The maximum atomic E-state index is 12.0. The Labute approximate surface area is 130 Å². The van der Waals surface area contributed by atoms with Crippen LogP contribution in [0.3, 0.4) is 0 Å². The first-order chi connectivity index (χ1) is 9.90. The molecule has 1 aliphatic rings. The molecule has 0 amide bonds. The van der Waals surface area contributed by atoms with Crippen molar-refractivity contribution in [2.24, 2.45) is 5.73 Å². The Hall–Kier alpha value is -1.38. The molecule has 1 aliphatic heterocycles. The number of anilines is 2. The van der Waals surface area contributed by atoms with Gasteiger partial charge in [-0.25, -0.2) is 8.42 Å². The van der Waals surface area contributed by atoms with E-state index in [1.165, 1.54) is 6.92 Å². The third-order valence-corrected chi connectivity index (χ3v) is 5.58. The van der Waals surface area contributed by atoms with Gasteiger partial charge in [-0.15, -0.1) is 0 Å². The highest BCUT2D eigenvalue weighted by Crippen LogP contribution is 2.20. The van der Waals surface area contributed by atoms with E-state index in [1.807, 2.05) is 12.1 Å². The van der Waals surface area contributed by atoms with E-state index in [0.29, 0.717) is 18.9 Å². The number of hydrogen-bond acceptors (Lipinski definition) is 5. The highest BCUT2D eigenvalue weighted by atomic mass is 32.2. The minimum absolute atomic E-state index is 0.0487. The second-order valence-electron chi connectivity index (χ2n) is 4.84. The second kappa shape index (κ2) is 6.59. The van der Waals surface area contributed by atoms with Crippen LogP contribution in [0.2, 0.25) is 0 Å². The predicted octanol–water partition coefficient (Wildman–Crippen LogP) is 0.939. The van der Waals surface area contributed by atoms with E-state index >= 15 is 0 Å². The summed E-state index contributed by atoms with van der Waals surface area (Å²) in [7, 11) is -3.60. The average Bonchev–Trinajstić information content (AvgIpc) is 2.47. The Morgan fingerprint density at radius 2 is 1.90 bits per heavy atom. The van der Waals surface area contributed by atoms with Crippen LogP contribution in [0.15, 0.2) is 24.3 Å². The third-order valence-electron chi connectivity index (χ3n) is 3.37. The maximum absolute atomic E-state index is 12.0. The molecular formula is C13H19N3O3S2. The van der Waals surface area contributed by atoms with Gasteiger partial charge in [-0.2, -0.15) is 0 Å². The predicted molar refractivity (Wildman–Crippen MR) is 88.3 cm³/mol. The summed E-state index contributed by atoms with van der Waals surface area (Å²) in [6.45, 7) is 4.56. The fraction of sp³-hybridized carbons (Fsp3) is 0.462. The zero-order valence-corrected chi connectivity index (χ0v) is 13.4. The van der Waals surface area contributed by atoms with Crippen molar-refractivity contribution >= 4 is 38.6 Å². The summed E-state index contributed by atoms with van der Waals surface area (Å²) in [6, 6.07) is 7.23. The zero-order valence-electron chi connectivity index (χ0n) is 11.8. The Morgan fingerprint density at radius 1 is 1.33 bits per heavy atom. The van der Waals surface area contributed by atoms with Crippen molar-refractivity contribution in [1.29, 1.82) is 0 Å². The van der Waals surface area contributed by atoms with E-state index in [-0.39, 0.29) is 4.99 Å². The van der Waals surface area contributed by atoms with E-state index in [9.17, 15) is 8.42 Å². The molecule has 1 unspecified atom stereocenters. The number of rotatable bonds is 5. The molecule has 1 heterocycles. The van der Waals surface area contributed by atoms with Crippen LogP contribution in [0, 0.1) is 0 Å². The molecule has 0 radical (unpaired) electrons. The Bertz CT molecular complexity index is 596. The number of benzene rings is 1. The molecular weight excluding hydrogens is 310 g/mol. The summed E-state index contributed by atoms with van der Waals surface area (Å²) in [5.41, 5.74) is 6.93. The van der Waals surface area contributed by atoms with Gasteiger partial charge in [0.25, 0.3) is 0 Å². The number of sulfonamides is 1. The Morgan fingerprint density at radius 3 is 2.43 bits per heavy atom. The van der Waals surface area contributed by atoms with E-state index in [2.05, 4.69) is 9.62 Å². The molecule has 1 saturated heterocycles. The highest BCUT2D eigenvalue weighted by molar-refractivity contribution is 7.95. The van der Waals surface area contributed by atoms with Crippen molar-refractivity contribution in [2.45, 2.75) is 12.2 Å². The van der Waals surface area contributed by atoms with Crippen LogP contribution in [0.25, 0.3) is 0 Å². The SMILES string of the molecule is CC(C(N)=S)S(=O)(=O)Nc1ccc(N2CCOCC2)cc1. The lowest BCUT2D eigenvalue weighted by Crippen LogP contribution is -2.36. The van der Waals surface area contributed by atoms with Crippen LogP contribution in [-0.2, 0) is 14.8 Å². The first kappa shape index (κ1) is 16.0. The lowest BCUT2D eigenvalue weighted by Gasteiger charge is -2.29. The number of nitrogens with zero attached hydrogens (tertiary/aromatic N) is 1. The number of ether oxygens (including phenoxy) is 1. The van der Waals surface area contributed by atoms with E-state index < -0.39 is 15.3 Å². The molecule has 21 heavy (non-hydrogen) atoms. The number of morpholine rings is 1. The first-order valence-electron chi connectivity index (χ1n) is 6.64. The average molecular weight is 329 g/mol. The van der Waals surface area contributed by atoms with Gasteiger partial charge in [0.15, 0.2) is 0 Å². The molecule has 116 valence electrons. The van der Waals surface area contributed by atoms with Gasteiger partial charge in [-0.3, -0.25) is 4.72 Å². The van der Waals surface area contributed by atoms with Crippen LogP contribution >= 0.6 is 12.2 Å². The van der Waals surface area contributed by atoms with Crippen molar-refractivity contribution < 1.29 is 13.2 Å². The van der Waals surface area contributed by atoms with E-state index in [1.54, 1.807) is 12.1 Å². The van der Waals surface area contributed by atoms with Gasteiger partial charge in [0.05, 0.1) is 18.2 Å². The Kier molecular flexibility index (Phi) is 5.02. The summed E-state index contributed by atoms with van der Waals surface area (Å²) in [6.07, 6.45) is 0. The van der Waals surface area contributed by atoms with Crippen molar-refractivity contribution in [2.75, 3.05) is 35.9 Å². The topological polar surface area (TPSA) is 84.7 Å². The molecule has 8 heteroatoms.